The number of rotatable bonds is 18. The number of aromatic nitrogens is 2. The van der Waals surface area contributed by atoms with E-state index in [0.29, 0.717) is 46.9 Å². The minimum absolute atomic E-state index is 0.0267. The number of hydrogen-bond donors (Lipinski definition) is 4. The van der Waals surface area contributed by atoms with Crippen molar-refractivity contribution in [3.63, 3.8) is 0 Å². The predicted molar refractivity (Wildman–Crippen MR) is 225 cm³/mol. The van der Waals surface area contributed by atoms with Crippen LogP contribution in [0.5, 0.6) is 0 Å². The molecule has 14 heteroatoms. The minimum atomic E-state index is -0.981. The zero-order chi connectivity index (χ0) is 43.0. The molecule has 3 aliphatic rings. The van der Waals surface area contributed by atoms with E-state index in [2.05, 4.69) is 29.7 Å². The molecular formula is C45H52N4O10. The molecule has 0 saturated heterocycles. The number of allylic oxidation sites excluding steroid dienone is 6. The molecule has 312 valence electrons. The Hall–Kier alpha value is -6.09. The summed E-state index contributed by atoms with van der Waals surface area (Å²) in [6, 6.07) is 0. The normalized spacial score (nSPS) is 19.9. The standard InChI is InChI=1S/C45H52N4O10/c1-10-30-26(4)35(49-39(30)23-40-45(7)29(24-46-40)12-13-32(43(53)55-8)42(45)44(54)56-9)21-36-28(6)33(20-25(3)59-58-19-17-51)38(48-36)22-37-31(27(5)34(11-2)47-37)14-15-41(52)57-18-16-50/h10-13,21-23,42,48-51H,1-3,14-20,24H2,4-9H3/b35-21-,37-22-,39-23-. The molecule has 2 unspecified atom stereocenters. The van der Waals surface area contributed by atoms with Crippen molar-refractivity contribution in [2.75, 3.05) is 47.2 Å². The molecule has 2 aromatic rings. The van der Waals surface area contributed by atoms with Crippen molar-refractivity contribution >= 4 is 53.6 Å². The number of aliphatic hydroxyl groups is 2. The molecule has 0 radical (unpaired) electrons. The first-order chi connectivity index (χ1) is 28.3. The van der Waals surface area contributed by atoms with Crippen molar-refractivity contribution in [3.05, 3.63) is 116 Å². The van der Waals surface area contributed by atoms with E-state index in [0.717, 1.165) is 50.0 Å². The van der Waals surface area contributed by atoms with Gasteiger partial charge in [-0.1, -0.05) is 38.0 Å². The van der Waals surface area contributed by atoms with E-state index in [9.17, 15) is 19.5 Å². The van der Waals surface area contributed by atoms with Crippen molar-refractivity contribution in [3.8, 4) is 0 Å². The summed E-state index contributed by atoms with van der Waals surface area (Å²) in [4.78, 5) is 65.8. The van der Waals surface area contributed by atoms with Gasteiger partial charge >= 0.3 is 17.9 Å². The topological polar surface area (TPSA) is 194 Å². The molecular weight excluding hydrogens is 757 g/mol. The lowest BCUT2D eigenvalue weighted by molar-refractivity contribution is -0.266. The molecule has 14 nitrogen and oxygen atoms in total. The van der Waals surface area contributed by atoms with Crippen LogP contribution in [0, 0.1) is 25.2 Å². The quantitative estimate of drug-likeness (QED) is 0.0425. The number of aliphatic hydroxyl groups excluding tert-OH is 2. The van der Waals surface area contributed by atoms with E-state index in [1.165, 1.54) is 14.2 Å². The van der Waals surface area contributed by atoms with E-state index in [1.807, 2.05) is 52.0 Å². The van der Waals surface area contributed by atoms with Crippen LogP contribution >= 0.6 is 0 Å². The smallest absolute Gasteiger partial charge is 0.334 e. The zero-order valence-corrected chi connectivity index (χ0v) is 34.5. The number of hydrogen-bond acceptors (Lipinski definition) is 12. The number of fused-ring (bicyclic) bond motifs is 1. The van der Waals surface area contributed by atoms with E-state index >= 15 is 0 Å². The lowest BCUT2D eigenvalue weighted by Gasteiger charge is -2.37. The van der Waals surface area contributed by atoms with Gasteiger partial charge in [-0.25, -0.2) is 9.79 Å². The number of aromatic amines is 2. The Balaban J connectivity index is 1.61. The van der Waals surface area contributed by atoms with Crippen molar-refractivity contribution in [1.29, 1.82) is 0 Å². The Morgan fingerprint density at radius 1 is 0.949 bits per heavy atom. The van der Waals surface area contributed by atoms with Gasteiger partial charge in [-0.15, -0.1) is 0 Å². The largest absolute Gasteiger partial charge is 0.469 e. The number of esters is 3. The Bertz CT molecular complexity index is 2380. The molecule has 0 spiro atoms. The first-order valence-corrected chi connectivity index (χ1v) is 19.1. The first-order valence-electron chi connectivity index (χ1n) is 19.1. The molecule has 1 aliphatic carbocycles. The van der Waals surface area contributed by atoms with Gasteiger partial charge in [0.2, 0.25) is 0 Å². The summed E-state index contributed by atoms with van der Waals surface area (Å²) in [7, 11) is 2.57. The average Bonchev–Trinajstić information content (AvgIpc) is 3.91. The van der Waals surface area contributed by atoms with Crippen LogP contribution in [0.4, 0.5) is 0 Å². The average molecular weight is 809 g/mol. The molecule has 0 bridgehead atoms. The summed E-state index contributed by atoms with van der Waals surface area (Å²) in [5, 5.41) is 19.7. The molecule has 0 fully saturated rings. The Kier molecular flexibility index (Phi) is 14.3. The fraction of sp³-hybridized carbons (Fsp3) is 0.356. The fourth-order valence-corrected chi connectivity index (χ4v) is 7.68. The molecule has 2 atom stereocenters. The van der Waals surface area contributed by atoms with Crippen LogP contribution in [0.15, 0.2) is 81.7 Å². The second-order valence-electron chi connectivity index (χ2n) is 14.3. The Labute approximate surface area is 343 Å². The minimum Gasteiger partial charge on any atom is -0.469 e. The number of nitrogens with one attached hydrogen (secondary N) is 2. The monoisotopic (exact) mass is 808 g/mol. The number of carbonyl (C=O) groups excluding carboxylic acids is 3. The lowest BCUT2D eigenvalue weighted by atomic mass is 9.64. The summed E-state index contributed by atoms with van der Waals surface area (Å²) in [6.07, 6.45) is 13.3. The maximum Gasteiger partial charge on any atom is 0.334 e. The van der Waals surface area contributed by atoms with Gasteiger partial charge in [-0.05, 0) is 91.8 Å². The summed E-state index contributed by atoms with van der Waals surface area (Å²) in [6.45, 7) is 19.6. The van der Waals surface area contributed by atoms with E-state index < -0.39 is 29.2 Å². The Morgan fingerprint density at radius 3 is 2.36 bits per heavy atom. The van der Waals surface area contributed by atoms with Crippen LogP contribution in [-0.2, 0) is 44.8 Å². The van der Waals surface area contributed by atoms with Crippen LogP contribution in [0.1, 0.15) is 60.3 Å². The third-order valence-corrected chi connectivity index (χ3v) is 10.9. The third kappa shape index (κ3) is 8.99. The van der Waals surface area contributed by atoms with Gasteiger partial charge in [0.05, 0.1) is 56.4 Å². The predicted octanol–water partition coefficient (Wildman–Crippen LogP) is 4.11. The van der Waals surface area contributed by atoms with Gasteiger partial charge in [0.25, 0.3) is 0 Å². The Morgan fingerprint density at radius 2 is 1.69 bits per heavy atom. The van der Waals surface area contributed by atoms with Gasteiger partial charge in [-0.3, -0.25) is 14.6 Å². The van der Waals surface area contributed by atoms with Crippen LogP contribution < -0.4 is 10.7 Å². The number of ether oxygens (including phenoxy) is 3. The van der Waals surface area contributed by atoms with Gasteiger partial charge in [-0.2, -0.15) is 4.89 Å². The molecule has 4 N–H and O–H groups in total. The van der Waals surface area contributed by atoms with Crippen molar-refractivity contribution in [2.24, 2.45) is 21.3 Å². The second-order valence-corrected chi connectivity index (χ2v) is 14.3. The summed E-state index contributed by atoms with van der Waals surface area (Å²) >= 11 is 0. The van der Waals surface area contributed by atoms with Crippen molar-refractivity contribution in [2.45, 2.75) is 47.0 Å². The van der Waals surface area contributed by atoms with Crippen molar-refractivity contribution < 1.29 is 48.6 Å². The summed E-state index contributed by atoms with van der Waals surface area (Å²) < 4.78 is 15.3. The lowest BCUT2D eigenvalue weighted by Crippen LogP contribution is -2.44. The first kappa shape index (κ1) is 44.0. The highest BCUT2D eigenvalue weighted by Crippen LogP contribution is 2.48. The van der Waals surface area contributed by atoms with Crippen LogP contribution in [0.25, 0.3) is 24.3 Å². The van der Waals surface area contributed by atoms with Gasteiger partial charge in [0.1, 0.15) is 24.9 Å². The van der Waals surface area contributed by atoms with Gasteiger partial charge in [0.15, 0.2) is 0 Å². The van der Waals surface area contributed by atoms with Crippen LogP contribution in [-0.4, -0.2) is 96.7 Å². The molecule has 4 heterocycles. The maximum absolute atomic E-state index is 13.3. The number of aliphatic imine (C=N–C) groups is 2. The number of H-pyrrole nitrogens is 2. The van der Waals surface area contributed by atoms with Gasteiger partial charge < -0.3 is 39.3 Å². The van der Waals surface area contributed by atoms with E-state index in [4.69, 9.17) is 39.1 Å². The molecule has 0 aromatic carbocycles. The number of methoxy groups -OCH3 is 2. The summed E-state index contributed by atoms with van der Waals surface area (Å²) in [5.74, 6) is -2.28. The highest BCUT2D eigenvalue weighted by Gasteiger charge is 2.53. The highest BCUT2D eigenvalue weighted by atomic mass is 17.2. The maximum atomic E-state index is 13.3. The molecule has 0 amide bonds. The zero-order valence-electron chi connectivity index (χ0n) is 34.5. The van der Waals surface area contributed by atoms with Crippen molar-refractivity contribution in [1.82, 2.24) is 9.97 Å². The van der Waals surface area contributed by atoms with Crippen LogP contribution in [0.3, 0.4) is 0 Å². The molecule has 5 rings (SSSR count). The molecule has 2 aliphatic heterocycles. The molecule has 2 aromatic heterocycles. The highest BCUT2D eigenvalue weighted by molar-refractivity contribution is 6.19. The molecule has 0 saturated carbocycles. The number of nitrogens with zero attached hydrogens (tertiary/aromatic N) is 2. The second kappa shape index (κ2) is 19.1. The third-order valence-electron chi connectivity index (χ3n) is 10.9. The SMILES string of the molecule is C=CC1=N/C(=C\c2[nH]c(/C=c3\[nH]/c(=C\C4=NCC5=CC=C(C(=O)OC)C(C(=O)OC)C54C)c(C=C)c3C)c(C)c2CC(=C)OOCCO)C(CCC(=O)OCCO)=C1C. The molecule has 59 heavy (non-hydrogen) atoms. The summed E-state index contributed by atoms with van der Waals surface area (Å²) in [5.41, 5.74) is 8.67. The van der Waals surface area contributed by atoms with E-state index in [-0.39, 0.29) is 44.8 Å². The van der Waals surface area contributed by atoms with Gasteiger partial charge in [0, 0.05) is 46.2 Å². The van der Waals surface area contributed by atoms with Crippen LogP contribution in [0.2, 0.25) is 0 Å². The number of carbonyl (C=O) groups is 3. The fourth-order valence-electron chi connectivity index (χ4n) is 7.68. The van der Waals surface area contributed by atoms with E-state index in [1.54, 1.807) is 18.2 Å².